The Kier molecular flexibility index (Phi) is 29.4. The van der Waals surface area contributed by atoms with Gasteiger partial charge in [-0.2, -0.15) is 0 Å². The van der Waals surface area contributed by atoms with E-state index >= 15 is 0 Å². The van der Waals surface area contributed by atoms with Crippen molar-refractivity contribution in [1.29, 1.82) is 0 Å². The van der Waals surface area contributed by atoms with Crippen LogP contribution >= 0.6 is 11.8 Å². The van der Waals surface area contributed by atoms with Crippen LogP contribution < -0.4 is 0 Å². The third-order valence-electron chi connectivity index (χ3n) is 6.56. The number of aryl methyl sites for hydroxylation is 1. The Bertz CT molecular complexity index is 860. The lowest BCUT2D eigenvalue weighted by atomic mass is 10.1. The first-order valence-corrected chi connectivity index (χ1v) is 17.5. The number of hydrogen-bond acceptors (Lipinski definition) is 2. The van der Waals surface area contributed by atoms with Crippen molar-refractivity contribution >= 4 is 11.8 Å². The molecule has 0 radical (unpaired) electrons. The van der Waals surface area contributed by atoms with E-state index in [0.717, 1.165) is 24.9 Å². The number of hydrogen-bond donors (Lipinski definition) is 0. The molecule has 2 heteroatoms. The number of unbranched alkanes of at least 4 members (excludes halogenated alkanes) is 5. The second-order valence-electron chi connectivity index (χ2n) is 10.4. The van der Waals surface area contributed by atoms with Crippen LogP contribution in [0.15, 0.2) is 95.9 Å². The van der Waals surface area contributed by atoms with Crippen LogP contribution in [0.2, 0.25) is 0 Å². The van der Waals surface area contributed by atoms with Gasteiger partial charge < -0.3 is 4.74 Å². The molecule has 1 nitrogen and oxygen atoms in total. The van der Waals surface area contributed by atoms with Crippen LogP contribution in [0, 0.1) is 5.92 Å². The average molecular weight is 579 g/mol. The van der Waals surface area contributed by atoms with E-state index in [-0.39, 0.29) is 0 Å². The molecule has 1 saturated carbocycles. The van der Waals surface area contributed by atoms with E-state index in [1.54, 1.807) is 0 Å². The first kappa shape index (κ1) is 39.0. The molecule has 1 aliphatic rings. The molecule has 0 heterocycles. The third-order valence-corrected chi connectivity index (χ3v) is 7.45. The van der Waals surface area contributed by atoms with Gasteiger partial charge in [0.2, 0.25) is 0 Å². The van der Waals surface area contributed by atoms with E-state index in [2.05, 4.69) is 101 Å². The topological polar surface area (TPSA) is 9.23 Å². The first-order valence-electron chi connectivity index (χ1n) is 16.5. The Morgan fingerprint density at radius 1 is 0.585 bits per heavy atom. The maximum atomic E-state index is 5.22. The van der Waals surface area contributed by atoms with Crippen LogP contribution in [0.3, 0.4) is 0 Å². The lowest BCUT2D eigenvalue weighted by Crippen LogP contribution is -1.90. The summed E-state index contributed by atoms with van der Waals surface area (Å²) in [6, 6.07) is 31.4. The minimum atomic E-state index is 0.733. The van der Waals surface area contributed by atoms with Gasteiger partial charge in [-0.1, -0.05) is 171 Å². The van der Waals surface area contributed by atoms with Crippen molar-refractivity contribution in [2.75, 3.05) is 12.4 Å². The Morgan fingerprint density at radius 3 is 1.51 bits per heavy atom. The first-order chi connectivity index (χ1) is 20.1. The average Bonchev–Trinajstić information content (AvgIpc) is 3.88. The maximum absolute atomic E-state index is 5.22. The Morgan fingerprint density at radius 2 is 1.10 bits per heavy atom. The summed E-state index contributed by atoms with van der Waals surface area (Å²) in [5.41, 5.74) is 2.73. The SMILES string of the molecule is CCC1CC1.CCCC.CCCCCCCc1ccccc1.CCOCc1ccccc1.CCSc1ccccc1. The summed E-state index contributed by atoms with van der Waals surface area (Å²) < 4.78 is 5.22. The molecule has 0 atom stereocenters. The van der Waals surface area contributed by atoms with E-state index in [1.165, 1.54) is 86.7 Å². The van der Waals surface area contributed by atoms with E-state index in [9.17, 15) is 0 Å². The van der Waals surface area contributed by atoms with E-state index in [1.807, 2.05) is 43.0 Å². The fourth-order valence-electron chi connectivity index (χ4n) is 3.58. The Balaban J connectivity index is 0.000000515. The van der Waals surface area contributed by atoms with Gasteiger partial charge in [0, 0.05) is 11.5 Å². The van der Waals surface area contributed by atoms with Gasteiger partial charge in [-0.05, 0) is 54.7 Å². The lowest BCUT2D eigenvalue weighted by molar-refractivity contribution is 0.134. The molecule has 1 fully saturated rings. The zero-order valence-electron chi connectivity index (χ0n) is 27.5. The number of benzene rings is 3. The van der Waals surface area contributed by atoms with E-state index < -0.39 is 0 Å². The fourth-order valence-corrected chi connectivity index (χ4v) is 4.26. The molecule has 0 spiro atoms. The molecule has 0 amide bonds. The van der Waals surface area contributed by atoms with E-state index in [0.29, 0.717) is 0 Å². The number of rotatable bonds is 13. The van der Waals surface area contributed by atoms with Gasteiger partial charge in [-0.15, -0.1) is 11.8 Å². The molecule has 4 rings (SSSR count). The Hall–Kier alpha value is -2.03. The van der Waals surface area contributed by atoms with Crippen LogP contribution in [0.5, 0.6) is 0 Å². The number of thioether (sulfide) groups is 1. The molecule has 3 aromatic rings. The predicted molar refractivity (Wildman–Crippen MR) is 187 cm³/mol. The van der Waals surface area contributed by atoms with Crippen molar-refractivity contribution in [3.8, 4) is 0 Å². The molecule has 0 N–H and O–H groups in total. The highest BCUT2D eigenvalue weighted by Crippen LogP contribution is 2.31. The summed E-state index contributed by atoms with van der Waals surface area (Å²) in [6.07, 6.45) is 15.2. The van der Waals surface area contributed by atoms with Gasteiger partial charge in [-0.25, -0.2) is 0 Å². The zero-order chi connectivity index (χ0) is 30.2. The molecular formula is C39H62OS. The molecule has 0 aliphatic heterocycles. The predicted octanol–water partition coefficient (Wildman–Crippen LogP) is 12.8. The standard InChI is InChI=1S/C13H20.C9H12O.C8H10S.C5H10.C4H10/c1-2-3-4-5-7-10-13-11-8-6-9-12-13;1-2-10-8-9-6-4-3-5-7-9;1-2-9-8-6-4-3-5-7-8;1-2-5-3-4-5;1-3-4-2/h6,8-9,11-12H,2-5,7,10H2,1H3;3-7H,2,8H2,1H3;3-7H,2H2,1H3;5H,2-4H2,1H3;3-4H2,1-2H3. The summed E-state index contributed by atoms with van der Waals surface area (Å²) in [5, 5.41) is 0. The van der Waals surface area contributed by atoms with Crippen molar-refractivity contribution in [2.45, 2.75) is 124 Å². The molecule has 41 heavy (non-hydrogen) atoms. The van der Waals surface area contributed by atoms with E-state index in [4.69, 9.17) is 4.74 Å². The third kappa shape index (κ3) is 27.9. The summed E-state index contributed by atoms with van der Waals surface area (Å²) in [6.45, 7) is 14.6. The summed E-state index contributed by atoms with van der Waals surface area (Å²) in [7, 11) is 0. The van der Waals surface area contributed by atoms with Gasteiger partial charge in [0.1, 0.15) is 0 Å². The quantitative estimate of drug-likeness (QED) is 0.147. The van der Waals surface area contributed by atoms with Gasteiger partial charge in [0.25, 0.3) is 0 Å². The van der Waals surface area contributed by atoms with Gasteiger partial charge in [-0.3, -0.25) is 0 Å². The van der Waals surface area contributed by atoms with Crippen molar-refractivity contribution in [2.24, 2.45) is 5.92 Å². The van der Waals surface area contributed by atoms with Crippen LogP contribution in [-0.4, -0.2) is 12.4 Å². The van der Waals surface area contributed by atoms with Crippen molar-refractivity contribution in [1.82, 2.24) is 0 Å². The molecule has 0 unspecified atom stereocenters. The summed E-state index contributed by atoms with van der Waals surface area (Å²) in [5.74, 6) is 2.29. The van der Waals surface area contributed by atoms with Crippen molar-refractivity contribution in [3.05, 3.63) is 102 Å². The smallest absolute Gasteiger partial charge is 0.0716 e. The zero-order valence-corrected chi connectivity index (χ0v) is 28.3. The molecule has 3 aromatic carbocycles. The van der Waals surface area contributed by atoms with Crippen LogP contribution in [-0.2, 0) is 17.8 Å². The molecular weight excluding hydrogens is 516 g/mol. The maximum Gasteiger partial charge on any atom is 0.0716 e. The Labute approximate surface area is 259 Å². The second kappa shape index (κ2) is 30.9. The molecule has 0 aromatic heterocycles. The van der Waals surface area contributed by atoms with Gasteiger partial charge in [0.05, 0.1) is 6.61 Å². The highest BCUT2D eigenvalue weighted by molar-refractivity contribution is 7.99. The lowest BCUT2D eigenvalue weighted by Gasteiger charge is -2.00. The second-order valence-corrected chi connectivity index (χ2v) is 11.7. The van der Waals surface area contributed by atoms with Gasteiger partial charge >= 0.3 is 0 Å². The molecule has 1 aliphatic carbocycles. The largest absolute Gasteiger partial charge is 0.377 e. The molecule has 0 saturated heterocycles. The molecule has 0 bridgehead atoms. The van der Waals surface area contributed by atoms with Gasteiger partial charge in [0.15, 0.2) is 0 Å². The van der Waals surface area contributed by atoms with Crippen LogP contribution in [0.25, 0.3) is 0 Å². The fraction of sp³-hybridized carbons (Fsp3) is 0.538. The highest BCUT2D eigenvalue weighted by Gasteiger charge is 2.17. The molecule has 230 valence electrons. The minimum absolute atomic E-state index is 0.733. The monoisotopic (exact) mass is 578 g/mol. The normalized spacial score (nSPS) is 11.3. The van der Waals surface area contributed by atoms with Crippen LogP contribution in [0.1, 0.15) is 117 Å². The van der Waals surface area contributed by atoms with Crippen LogP contribution in [0.4, 0.5) is 0 Å². The minimum Gasteiger partial charge on any atom is -0.377 e. The summed E-state index contributed by atoms with van der Waals surface area (Å²) >= 11 is 1.88. The van der Waals surface area contributed by atoms with Crippen molar-refractivity contribution in [3.63, 3.8) is 0 Å². The number of ether oxygens (including phenoxy) is 1. The summed E-state index contributed by atoms with van der Waals surface area (Å²) in [4.78, 5) is 1.36. The van der Waals surface area contributed by atoms with Crippen molar-refractivity contribution < 1.29 is 4.74 Å². The highest BCUT2D eigenvalue weighted by atomic mass is 32.2.